The normalized spacial score (nSPS) is 17.8. The Morgan fingerprint density at radius 3 is 2.08 bits per heavy atom. The number of anilines is 2. The summed E-state index contributed by atoms with van der Waals surface area (Å²) in [5.74, 6) is 0. The summed E-state index contributed by atoms with van der Waals surface area (Å²) >= 11 is 0. The van der Waals surface area contributed by atoms with E-state index in [0.29, 0.717) is 5.69 Å². The van der Waals surface area contributed by atoms with E-state index in [4.69, 9.17) is 9.31 Å². The van der Waals surface area contributed by atoms with Gasteiger partial charge in [-0.05, 0) is 64.3 Å². The molecule has 0 unspecified atom stereocenters. The first-order chi connectivity index (χ1) is 12.2. The van der Waals surface area contributed by atoms with Crippen molar-refractivity contribution in [2.24, 2.45) is 0 Å². The Morgan fingerprint density at radius 2 is 1.46 bits per heavy atom. The molecule has 1 aliphatic rings. The number of nitrogens with one attached hydrogen (secondary N) is 2. The van der Waals surface area contributed by atoms with E-state index in [2.05, 4.69) is 10.6 Å². The van der Waals surface area contributed by atoms with Gasteiger partial charge in [-0.25, -0.2) is 4.79 Å². The highest BCUT2D eigenvalue weighted by molar-refractivity contribution is 6.62. The van der Waals surface area contributed by atoms with E-state index < -0.39 is 18.3 Å². The van der Waals surface area contributed by atoms with Gasteiger partial charge in [0, 0.05) is 11.4 Å². The fourth-order valence-electron chi connectivity index (χ4n) is 2.67. The van der Waals surface area contributed by atoms with Gasteiger partial charge in [0.1, 0.15) is 0 Å². The van der Waals surface area contributed by atoms with Gasteiger partial charge in [-0.1, -0.05) is 29.8 Å². The molecule has 1 fully saturated rings. The summed E-state index contributed by atoms with van der Waals surface area (Å²) in [5.41, 5.74) is 2.65. The third kappa shape index (κ3) is 3.92. The van der Waals surface area contributed by atoms with Gasteiger partial charge in [0.15, 0.2) is 0 Å². The molecule has 2 aromatic carbocycles. The largest absolute Gasteiger partial charge is 0.494 e. The molecule has 0 aliphatic carbocycles. The Bertz CT molecular complexity index is 787. The molecule has 0 bridgehead atoms. The predicted octanol–water partition coefficient (Wildman–Crippen LogP) is 3.94. The lowest BCUT2D eigenvalue weighted by Gasteiger charge is -2.32. The second-order valence-electron chi connectivity index (χ2n) is 7.66. The number of benzene rings is 2. The van der Waals surface area contributed by atoms with Gasteiger partial charge in [-0.2, -0.15) is 0 Å². The van der Waals surface area contributed by atoms with Gasteiger partial charge in [-0.3, -0.25) is 0 Å². The smallest absolute Gasteiger partial charge is 0.399 e. The topological polar surface area (TPSA) is 59.6 Å². The third-order valence-corrected chi connectivity index (χ3v) is 4.98. The van der Waals surface area contributed by atoms with Crippen LogP contribution in [0.15, 0.2) is 48.5 Å². The summed E-state index contributed by atoms with van der Waals surface area (Å²) in [6, 6.07) is 14.9. The van der Waals surface area contributed by atoms with E-state index in [0.717, 1.165) is 16.7 Å². The predicted molar refractivity (Wildman–Crippen MR) is 106 cm³/mol. The van der Waals surface area contributed by atoms with Gasteiger partial charge in [0.25, 0.3) is 0 Å². The lowest BCUT2D eigenvalue weighted by atomic mass is 9.79. The number of hydrogen-bond acceptors (Lipinski definition) is 3. The van der Waals surface area contributed by atoms with Crippen molar-refractivity contribution in [2.75, 3.05) is 10.6 Å². The molecule has 6 heteroatoms. The fourth-order valence-corrected chi connectivity index (χ4v) is 2.67. The van der Waals surface area contributed by atoms with Crippen LogP contribution in [0.1, 0.15) is 33.3 Å². The Kier molecular flexibility index (Phi) is 4.82. The molecule has 0 radical (unpaired) electrons. The second-order valence-corrected chi connectivity index (χ2v) is 7.66. The van der Waals surface area contributed by atoms with Crippen molar-refractivity contribution in [2.45, 2.75) is 45.8 Å². The molecule has 1 saturated heterocycles. The molecule has 26 heavy (non-hydrogen) atoms. The van der Waals surface area contributed by atoms with Crippen LogP contribution in [0, 0.1) is 6.92 Å². The van der Waals surface area contributed by atoms with E-state index >= 15 is 0 Å². The molecular formula is C20H25BN2O3. The number of carbonyl (C=O) groups is 1. The fraction of sp³-hybridized carbons (Fsp3) is 0.350. The summed E-state index contributed by atoms with van der Waals surface area (Å²) in [6.45, 7) is 10.1. The number of aryl methyl sites for hydroxylation is 1. The number of rotatable bonds is 3. The molecule has 2 aromatic rings. The Hall–Kier alpha value is -2.31. The number of amides is 2. The van der Waals surface area contributed by atoms with Gasteiger partial charge in [0.05, 0.1) is 11.2 Å². The van der Waals surface area contributed by atoms with Gasteiger partial charge in [-0.15, -0.1) is 0 Å². The average Bonchev–Trinajstić information content (AvgIpc) is 2.78. The minimum atomic E-state index is -0.457. The van der Waals surface area contributed by atoms with E-state index in [9.17, 15) is 4.79 Å². The van der Waals surface area contributed by atoms with Crippen LogP contribution in [0.3, 0.4) is 0 Å². The standard InChI is InChI=1S/C20H25BN2O3/c1-14-9-11-16(12-10-14)22-18(24)23-17-8-6-7-15(13-17)21-25-19(2,3)20(4,5)26-21/h6-13H,1-5H3,(H2,22,23,24). The Labute approximate surface area is 155 Å². The number of carbonyl (C=O) groups excluding carboxylic acids is 1. The van der Waals surface area contributed by atoms with Gasteiger partial charge >= 0.3 is 13.1 Å². The maximum atomic E-state index is 12.2. The van der Waals surface area contributed by atoms with Crippen molar-refractivity contribution >= 4 is 30.0 Å². The van der Waals surface area contributed by atoms with E-state index in [-0.39, 0.29) is 6.03 Å². The van der Waals surface area contributed by atoms with Crippen molar-refractivity contribution in [1.29, 1.82) is 0 Å². The zero-order valence-corrected chi connectivity index (χ0v) is 15.9. The van der Waals surface area contributed by atoms with E-state index in [1.807, 2.05) is 83.1 Å². The molecule has 0 aromatic heterocycles. The lowest BCUT2D eigenvalue weighted by molar-refractivity contribution is 0.00578. The Morgan fingerprint density at radius 1 is 0.885 bits per heavy atom. The SMILES string of the molecule is Cc1ccc(NC(=O)Nc2cccc(B3OC(C)(C)C(C)(C)O3)c2)cc1. The summed E-state index contributed by atoms with van der Waals surface area (Å²) in [4.78, 5) is 12.2. The van der Waals surface area contributed by atoms with Crippen LogP contribution in [-0.4, -0.2) is 24.4 Å². The van der Waals surface area contributed by atoms with Crippen LogP contribution in [0.5, 0.6) is 0 Å². The molecule has 1 heterocycles. The first-order valence-electron chi connectivity index (χ1n) is 8.77. The molecule has 2 N–H and O–H groups in total. The van der Waals surface area contributed by atoms with Crippen molar-refractivity contribution < 1.29 is 14.1 Å². The van der Waals surface area contributed by atoms with E-state index in [1.54, 1.807) is 0 Å². The van der Waals surface area contributed by atoms with Crippen LogP contribution in [0.4, 0.5) is 16.2 Å². The molecule has 5 nitrogen and oxygen atoms in total. The first kappa shape index (κ1) is 18.5. The van der Waals surface area contributed by atoms with Gasteiger partial charge in [0.2, 0.25) is 0 Å². The summed E-state index contributed by atoms with van der Waals surface area (Å²) in [5, 5.41) is 5.67. The monoisotopic (exact) mass is 352 g/mol. The average molecular weight is 352 g/mol. The van der Waals surface area contributed by atoms with Crippen LogP contribution in [0.2, 0.25) is 0 Å². The van der Waals surface area contributed by atoms with Crippen molar-refractivity contribution in [3.63, 3.8) is 0 Å². The molecule has 0 spiro atoms. The molecule has 1 aliphatic heterocycles. The van der Waals surface area contributed by atoms with Crippen LogP contribution in [-0.2, 0) is 9.31 Å². The van der Waals surface area contributed by atoms with E-state index in [1.165, 1.54) is 0 Å². The van der Waals surface area contributed by atoms with Gasteiger partial charge < -0.3 is 19.9 Å². The minimum Gasteiger partial charge on any atom is -0.399 e. The zero-order valence-electron chi connectivity index (χ0n) is 15.9. The maximum Gasteiger partial charge on any atom is 0.494 e. The second kappa shape index (κ2) is 6.78. The van der Waals surface area contributed by atoms with Crippen molar-refractivity contribution in [1.82, 2.24) is 0 Å². The summed E-state index contributed by atoms with van der Waals surface area (Å²) < 4.78 is 12.1. The molecule has 0 atom stereocenters. The molecule has 3 rings (SSSR count). The maximum absolute atomic E-state index is 12.2. The third-order valence-electron chi connectivity index (χ3n) is 4.98. The summed E-state index contributed by atoms with van der Waals surface area (Å²) in [6.07, 6.45) is 0. The number of hydrogen-bond donors (Lipinski definition) is 2. The van der Waals surface area contributed by atoms with Crippen molar-refractivity contribution in [3.05, 3.63) is 54.1 Å². The van der Waals surface area contributed by atoms with Crippen LogP contribution < -0.4 is 16.1 Å². The lowest BCUT2D eigenvalue weighted by Crippen LogP contribution is -2.41. The number of urea groups is 1. The quantitative estimate of drug-likeness (QED) is 0.823. The molecule has 2 amide bonds. The van der Waals surface area contributed by atoms with Crippen molar-refractivity contribution in [3.8, 4) is 0 Å². The van der Waals surface area contributed by atoms with Crippen LogP contribution in [0.25, 0.3) is 0 Å². The molecule has 0 saturated carbocycles. The highest BCUT2D eigenvalue weighted by atomic mass is 16.7. The van der Waals surface area contributed by atoms with Crippen LogP contribution >= 0.6 is 0 Å². The summed E-state index contributed by atoms with van der Waals surface area (Å²) in [7, 11) is -0.457. The first-order valence-corrected chi connectivity index (χ1v) is 8.77. The highest BCUT2D eigenvalue weighted by Crippen LogP contribution is 2.36. The minimum absolute atomic E-state index is 0.292. The zero-order chi connectivity index (χ0) is 18.9. The highest BCUT2D eigenvalue weighted by Gasteiger charge is 2.51. The Balaban J connectivity index is 1.68. The molecular weight excluding hydrogens is 327 g/mol. The molecule has 136 valence electrons.